The van der Waals surface area contributed by atoms with Gasteiger partial charge in [0, 0.05) is 12.8 Å². The van der Waals surface area contributed by atoms with Gasteiger partial charge >= 0.3 is 0 Å². The molecule has 0 aliphatic heterocycles. The highest BCUT2D eigenvalue weighted by atomic mass is 32.1. The average Bonchev–Trinajstić information content (AvgIpc) is 2.45. The van der Waals surface area contributed by atoms with Crippen LogP contribution in [0.25, 0.3) is 6.08 Å². The number of hydrogen-bond acceptors (Lipinski definition) is 3. The van der Waals surface area contributed by atoms with Gasteiger partial charge in [0.25, 0.3) is 0 Å². The highest BCUT2D eigenvalue weighted by molar-refractivity contribution is 7.80. The fraction of sp³-hybridized carbons (Fsp3) is 0.333. The number of nitrogens with one attached hydrogen (secondary N) is 2. The second-order valence-corrected chi connectivity index (χ2v) is 5.03. The van der Waals surface area contributed by atoms with Crippen molar-refractivity contribution in [2.75, 3.05) is 13.7 Å². The smallest absolute Gasteiger partial charge is 0.186 e. The summed E-state index contributed by atoms with van der Waals surface area (Å²) in [4.78, 5) is 0. The Kier molecular flexibility index (Phi) is 7.35. The molecule has 0 heterocycles. The van der Waals surface area contributed by atoms with Crippen molar-refractivity contribution in [2.24, 2.45) is 11.0 Å². The van der Waals surface area contributed by atoms with Crippen LogP contribution in [0.4, 0.5) is 0 Å². The van der Waals surface area contributed by atoms with Crippen molar-refractivity contribution in [1.82, 2.24) is 10.7 Å². The lowest BCUT2D eigenvalue weighted by molar-refractivity contribution is 0.415. The molecule has 2 N–H and O–H groups in total. The van der Waals surface area contributed by atoms with Crippen LogP contribution in [0.2, 0.25) is 0 Å². The van der Waals surface area contributed by atoms with Gasteiger partial charge < -0.3 is 10.1 Å². The summed E-state index contributed by atoms with van der Waals surface area (Å²) in [6.07, 6.45) is 5.46. The van der Waals surface area contributed by atoms with Gasteiger partial charge in [0.15, 0.2) is 5.11 Å². The Labute approximate surface area is 125 Å². The number of hydrazone groups is 1. The first kappa shape index (κ1) is 16.2. The fourth-order valence-corrected chi connectivity index (χ4v) is 1.48. The standard InChI is InChI=1S/C15H21N3OS/c1-12(2)11-16-15(20)18-17-10-4-5-13-6-8-14(19-3)9-7-13/h4-10,12H,11H2,1-3H3,(H2,16,18,20)/b5-4+,17-10+. The zero-order chi connectivity index (χ0) is 14.8. The highest BCUT2D eigenvalue weighted by Gasteiger charge is 1.94. The number of thiocarbonyl (C=S) groups is 1. The van der Waals surface area contributed by atoms with Crippen molar-refractivity contribution in [3.63, 3.8) is 0 Å². The molecule has 0 amide bonds. The summed E-state index contributed by atoms with van der Waals surface area (Å²) in [5.41, 5.74) is 3.84. The second kappa shape index (κ2) is 9.09. The van der Waals surface area contributed by atoms with Gasteiger partial charge in [-0.25, -0.2) is 0 Å². The summed E-state index contributed by atoms with van der Waals surface area (Å²) >= 11 is 5.07. The summed E-state index contributed by atoms with van der Waals surface area (Å²) in [7, 11) is 1.65. The number of hydrogen-bond donors (Lipinski definition) is 2. The Morgan fingerprint density at radius 1 is 1.35 bits per heavy atom. The normalized spacial score (nSPS) is 11.2. The monoisotopic (exact) mass is 291 g/mol. The number of benzene rings is 1. The zero-order valence-corrected chi connectivity index (χ0v) is 12.9. The van der Waals surface area contributed by atoms with E-state index in [9.17, 15) is 0 Å². The number of methoxy groups -OCH3 is 1. The van der Waals surface area contributed by atoms with Crippen LogP contribution < -0.4 is 15.5 Å². The number of ether oxygens (including phenoxy) is 1. The van der Waals surface area contributed by atoms with E-state index in [4.69, 9.17) is 17.0 Å². The van der Waals surface area contributed by atoms with E-state index >= 15 is 0 Å². The topological polar surface area (TPSA) is 45.6 Å². The van der Waals surface area contributed by atoms with E-state index in [1.807, 2.05) is 36.4 Å². The van der Waals surface area contributed by atoms with Crippen molar-refractivity contribution in [1.29, 1.82) is 0 Å². The van der Waals surface area contributed by atoms with E-state index in [2.05, 4.69) is 29.7 Å². The molecule has 0 aliphatic rings. The third-order valence-corrected chi connectivity index (χ3v) is 2.64. The van der Waals surface area contributed by atoms with Gasteiger partial charge in [-0.1, -0.05) is 32.1 Å². The lowest BCUT2D eigenvalue weighted by Gasteiger charge is -2.08. The first-order chi connectivity index (χ1) is 9.61. The van der Waals surface area contributed by atoms with E-state index in [0.717, 1.165) is 17.9 Å². The molecule has 5 heteroatoms. The second-order valence-electron chi connectivity index (χ2n) is 4.63. The Morgan fingerprint density at radius 2 is 2.05 bits per heavy atom. The fourth-order valence-electron chi connectivity index (χ4n) is 1.34. The van der Waals surface area contributed by atoms with Gasteiger partial charge in [0.1, 0.15) is 5.75 Å². The molecule has 0 atom stereocenters. The number of rotatable bonds is 6. The molecule has 1 aromatic rings. The minimum atomic E-state index is 0.535. The molecule has 20 heavy (non-hydrogen) atoms. The Hall–Kier alpha value is -1.88. The molecule has 0 saturated heterocycles. The van der Waals surface area contributed by atoms with Crippen LogP contribution in [0.5, 0.6) is 5.75 Å². The van der Waals surface area contributed by atoms with E-state index in [1.54, 1.807) is 13.3 Å². The SMILES string of the molecule is COc1ccc(/C=C/C=N/NC(=S)NCC(C)C)cc1. The predicted octanol–water partition coefficient (Wildman–Crippen LogP) is 2.81. The molecule has 0 aliphatic carbocycles. The minimum absolute atomic E-state index is 0.535. The molecule has 108 valence electrons. The first-order valence-corrected chi connectivity index (χ1v) is 6.90. The van der Waals surface area contributed by atoms with Crippen LogP contribution in [0.1, 0.15) is 19.4 Å². The van der Waals surface area contributed by atoms with Crippen molar-refractivity contribution in [3.05, 3.63) is 35.9 Å². The summed E-state index contributed by atoms with van der Waals surface area (Å²) in [6.45, 7) is 5.08. The lowest BCUT2D eigenvalue weighted by atomic mass is 10.2. The minimum Gasteiger partial charge on any atom is -0.497 e. The molecular formula is C15H21N3OS. The third kappa shape index (κ3) is 6.89. The van der Waals surface area contributed by atoms with E-state index < -0.39 is 0 Å². The average molecular weight is 291 g/mol. The van der Waals surface area contributed by atoms with E-state index in [0.29, 0.717) is 11.0 Å². The molecule has 0 radical (unpaired) electrons. The van der Waals surface area contributed by atoms with Gasteiger partial charge in [0.05, 0.1) is 7.11 Å². The molecule has 0 saturated carbocycles. The van der Waals surface area contributed by atoms with Gasteiger partial charge in [-0.05, 0) is 41.9 Å². The van der Waals surface area contributed by atoms with Crippen molar-refractivity contribution in [2.45, 2.75) is 13.8 Å². The quantitative estimate of drug-likeness (QED) is 0.480. The van der Waals surface area contributed by atoms with Crippen molar-refractivity contribution in [3.8, 4) is 5.75 Å². The summed E-state index contributed by atoms with van der Waals surface area (Å²) in [6, 6.07) is 7.79. The maximum absolute atomic E-state index is 5.10. The largest absolute Gasteiger partial charge is 0.497 e. The third-order valence-electron chi connectivity index (χ3n) is 2.40. The molecule has 4 nitrogen and oxygen atoms in total. The van der Waals surface area contributed by atoms with Gasteiger partial charge in [0.2, 0.25) is 0 Å². The number of allylic oxidation sites excluding steroid dienone is 1. The molecule has 0 unspecified atom stereocenters. The highest BCUT2D eigenvalue weighted by Crippen LogP contribution is 2.11. The van der Waals surface area contributed by atoms with Crippen molar-refractivity contribution >= 4 is 29.6 Å². The van der Waals surface area contributed by atoms with Crippen LogP contribution in [-0.2, 0) is 0 Å². The molecule has 1 aromatic carbocycles. The summed E-state index contributed by atoms with van der Waals surface area (Å²) < 4.78 is 5.10. The van der Waals surface area contributed by atoms with E-state index in [-0.39, 0.29) is 0 Å². The molecule has 1 rings (SSSR count). The van der Waals surface area contributed by atoms with Crippen LogP contribution in [0.3, 0.4) is 0 Å². The van der Waals surface area contributed by atoms with Crippen LogP contribution in [-0.4, -0.2) is 25.0 Å². The van der Waals surface area contributed by atoms with Gasteiger partial charge in [-0.2, -0.15) is 5.10 Å². The number of nitrogens with zero attached hydrogens (tertiary/aromatic N) is 1. The molecular weight excluding hydrogens is 270 g/mol. The van der Waals surface area contributed by atoms with E-state index in [1.165, 1.54) is 0 Å². The summed E-state index contributed by atoms with van der Waals surface area (Å²) in [5, 5.41) is 7.61. The molecule has 0 aromatic heterocycles. The Bertz CT molecular complexity index is 467. The first-order valence-electron chi connectivity index (χ1n) is 6.49. The Balaban J connectivity index is 2.32. The van der Waals surface area contributed by atoms with Crippen LogP contribution >= 0.6 is 12.2 Å². The van der Waals surface area contributed by atoms with Crippen LogP contribution in [0, 0.1) is 5.92 Å². The van der Waals surface area contributed by atoms with Crippen LogP contribution in [0.15, 0.2) is 35.4 Å². The Morgan fingerprint density at radius 3 is 2.65 bits per heavy atom. The predicted molar refractivity (Wildman–Crippen MR) is 89.1 cm³/mol. The van der Waals surface area contributed by atoms with Gasteiger partial charge in [-0.3, -0.25) is 5.43 Å². The van der Waals surface area contributed by atoms with Gasteiger partial charge in [-0.15, -0.1) is 0 Å². The molecule has 0 bridgehead atoms. The summed E-state index contributed by atoms with van der Waals surface area (Å²) in [5.74, 6) is 1.40. The maximum atomic E-state index is 5.10. The zero-order valence-electron chi connectivity index (χ0n) is 12.1. The molecule has 0 fully saturated rings. The van der Waals surface area contributed by atoms with Crippen molar-refractivity contribution < 1.29 is 4.74 Å². The maximum Gasteiger partial charge on any atom is 0.186 e. The lowest BCUT2D eigenvalue weighted by Crippen LogP contribution is -2.34. The molecule has 0 spiro atoms.